The third-order valence-corrected chi connectivity index (χ3v) is 6.86. The van der Waals surface area contributed by atoms with Gasteiger partial charge in [-0.1, -0.05) is 30.7 Å². The van der Waals surface area contributed by atoms with Gasteiger partial charge in [0.1, 0.15) is 0 Å². The second-order valence-electron chi connectivity index (χ2n) is 7.00. The van der Waals surface area contributed by atoms with Crippen molar-refractivity contribution in [3.63, 3.8) is 0 Å². The minimum Gasteiger partial charge on any atom is -0.368 e. The quantitative estimate of drug-likeness (QED) is 0.644. The average Bonchev–Trinajstić information content (AvgIpc) is 2.69. The van der Waals surface area contributed by atoms with E-state index >= 15 is 0 Å². The fourth-order valence-corrected chi connectivity index (χ4v) is 4.60. The van der Waals surface area contributed by atoms with E-state index in [0.29, 0.717) is 0 Å². The molecule has 0 aromatic heterocycles. The first-order valence-corrected chi connectivity index (χ1v) is 10.8. The van der Waals surface area contributed by atoms with Gasteiger partial charge in [0.25, 0.3) is 0 Å². The summed E-state index contributed by atoms with van der Waals surface area (Å²) in [5.41, 5.74) is 3.95. The highest BCUT2D eigenvalue weighted by molar-refractivity contribution is 8.00. The molecule has 1 aliphatic heterocycles. The Morgan fingerprint density at radius 3 is 2.37 bits per heavy atom. The smallest absolute Gasteiger partial charge is 0.236 e. The molecule has 0 radical (unpaired) electrons. The predicted octanol–water partition coefficient (Wildman–Crippen LogP) is 5.18. The van der Waals surface area contributed by atoms with Crippen molar-refractivity contribution < 1.29 is 4.79 Å². The summed E-state index contributed by atoms with van der Waals surface area (Å²) in [6, 6.07) is 14.2. The van der Waals surface area contributed by atoms with E-state index in [1.165, 1.54) is 16.8 Å². The lowest BCUT2D eigenvalue weighted by molar-refractivity contribution is -0.130. The van der Waals surface area contributed by atoms with Gasteiger partial charge in [-0.25, -0.2) is 0 Å². The molecule has 1 atom stereocenters. The summed E-state index contributed by atoms with van der Waals surface area (Å²) >= 11 is 7.60. The van der Waals surface area contributed by atoms with Crippen molar-refractivity contribution in [3.05, 3.63) is 58.6 Å². The number of thioether (sulfide) groups is 1. The summed E-state index contributed by atoms with van der Waals surface area (Å²) in [6.45, 7) is 9.75. The number of carbonyl (C=O) groups excluding carboxylic acids is 1. The van der Waals surface area contributed by atoms with E-state index in [0.717, 1.165) is 42.5 Å². The topological polar surface area (TPSA) is 23.6 Å². The van der Waals surface area contributed by atoms with Crippen molar-refractivity contribution in [3.8, 4) is 0 Å². The zero-order valence-corrected chi connectivity index (χ0v) is 17.8. The molecule has 0 spiro atoms. The molecule has 1 saturated heterocycles. The molecule has 0 unspecified atom stereocenters. The standard InChI is InChI=1S/C22H27ClN2OS/c1-4-21(27-19-10-8-18(23)9-11-19)22(26)25-14-12-24(13-15-25)20-7-5-6-16(2)17(20)3/h5-11,21H,4,12-15H2,1-3H3/t21-/m0/s1. The number of anilines is 1. The Morgan fingerprint density at radius 1 is 1.07 bits per heavy atom. The number of halogens is 1. The van der Waals surface area contributed by atoms with Crippen LogP contribution in [0.1, 0.15) is 24.5 Å². The van der Waals surface area contributed by atoms with Crippen LogP contribution in [-0.2, 0) is 4.79 Å². The summed E-state index contributed by atoms with van der Waals surface area (Å²) in [4.78, 5) is 18.5. The van der Waals surface area contributed by atoms with Gasteiger partial charge >= 0.3 is 0 Å². The van der Waals surface area contributed by atoms with Crippen LogP contribution in [0.2, 0.25) is 5.02 Å². The Bertz CT molecular complexity index is 785. The molecule has 0 N–H and O–H groups in total. The second-order valence-corrected chi connectivity index (χ2v) is 8.71. The van der Waals surface area contributed by atoms with Crippen LogP contribution in [0.3, 0.4) is 0 Å². The molecule has 1 amide bonds. The number of nitrogens with zero attached hydrogens (tertiary/aromatic N) is 2. The molecule has 0 aliphatic carbocycles. The van der Waals surface area contributed by atoms with E-state index in [1.807, 2.05) is 29.2 Å². The molecule has 0 saturated carbocycles. The number of hydrogen-bond donors (Lipinski definition) is 0. The summed E-state index contributed by atoms with van der Waals surface area (Å²) < 4.78 is 0. The number of benzene rings is 2. The van der Waals surface area contributed by atoms with E-state index in [9.17, 15) is 4.79 Å². The number of aryl methyl sites for hydroxylation is 1. The molecule has 2 aromatic carbocycles. The van der Waals surface area contributed by atoms with Crippen molar-refractivity contribution in [1.82, 2.24) is 4.90 Å². The molecule has 5 heteroatoms. The molecule has 1 fully saturated rings. The van der Waals surface area contributed by atoms with E-state index in [1.54, 1.807) is 11.8 Å². The van der Waals surface area contributed by atoms with Crippen molar-refractivity contribution in [2.45, 2.75) is 37.3 Å². The maximum atomic E-state index is 13.0. The van der Waals surface area contributed by atoms with Crippen molar-refractivity contribution in [2.75, 3.05) is 31.1 Å². The Labute approximate surface area is 171 Å². The lowest BCUT2D eigenvalue weighted by Crippen LogP contribution is -2.51. The fraction of sp³-hybridized carbons (Fsp3) is 0.409. The van der Waals surface area contributed by atoms with Gasteiger partial charge in [-0.05, 0) is 61.7 Å². The SMILES string of the molecule is CC[C@H](Sc1ccc(Cl)cc1)C(=O)N1CCN(c2cccc(C)c2C)CC1. The summed E-state index contributed by atoms with van der Waals surface area (Å²) in [5, 5.41) is 0.680. The Morgan fingerprint density at radius 2 is 1.74 bits per heavy atom. The van der Waals surface area contributed by atoms with Crippen molar-refractivity contribution in [1.29, 1.82) is 0 Å². The minimum atomic E-state index is -0.0431. The Hall–Kier alpha value is -1.65. The predicted molar refractivity (Wildman–Crippen MR) is 116 cm³/mol. The first-order valence-electron chi connectivity index (χ1n) is 9.51. The van der Waals surface area contributed by atoms with Gasteiger partial charge in [-0.15, -0.1) is 11.8 Å². The summed E-state index contributed by atoms with van der Waals surface area (Å²) in [7, 11) is 0. The van der Waals surface area contributed by atoms with Crippen molar-refractivity contribution >= 4 is 35.0 Å². The normalized spacial score (nSPS) is 15.7. The second kappa shape index (κ2) is 9.03. The molecule has 1 heterocycles. The average molecular weight is 403 g/mol. The van der Waals surface area contributed by atoms with Crippen LogP contribution < -0.4 is 4.90 Å². The maximum absolute atomic E-state index is 13.0. The van der Waals surface area contributed by atoms with Crippen LogP contribution in [0.5, 0.6) is 0 Å². The number of amides is 1. The lowest BCUT2D eigenvalue weighted by atomic mass is 10.1. The highest BCUT2D eigenvalue weighted by Gasteiger charge is 2.27. The van der Waals surface area contributed by atoms with Gasteiger partial charge in [0.15, 0.2) is 0 Å². The maximum Gasteiger partial charge on any atom is 0.236 e. The van der Waals surface area contributed by atoms with Gasteiger partial charge in [0.05, 0.1) is 5.25 Å². The van der Waals surface area contributed by atoms with Crippen LogP contribution in [0, 0.1) is 13.8 Å². The van der Waals surface area contributed by atoms with E-state index < -0.39 is 0 Å². The van der Waals surface area contributed by atoms with Crippen LogP contribution >= 0.6 is 23.4 Å². The summed E-state index contributed by atoms with van der Waals surface area (Å²) in [6.07, 6.45) is 0.823. The molecule has 144 valence electrons. The van der Waals surface area contributed by atoms with Gasteiger partial charge in [-0.3, -0.25) is 4.79 Å². The molecular weight excluding hydrogens is 376 g/mol. The van der Waals surface area contributed by atoms with E-state index in [4.69, 9.17) is 11.6 Å². The third kappa shape index (κ3) is 4.80. The van der Waals surface area contributed by atoms with Gasteiger partial charge < -0.3 is 9.80 Å². The van der Waals surface area contributed by atoms with E-state index in [2.05, 4.69) is 43.9 Å². The molecule has 3 nitrogen and oxygen atoms in total. The van der Waals surface area contributed by atoms with E-state index in [-0.39, 0.29) is 11.2 Å². The Kier molecular flexibility index (Phi) is 6.72. The minimum absolute atomic E-state index is 0.0431. The highest BCUT2D eigenvalue weighted by Crippen LogP contribution is 2.29. The van der Waals surface area contributed by atoms with Crippen LogP contribution in [0.4, 0.5) is 5.69 Å². The lowest BCUT2D eigenvalue weighted by Gasteiger charge is -2.38. The van der Waals surface area contributed by atoms with Crippen LogP contribution in [0.25, 0.3) is 0 Å². The summed E-state index contributed by atoms with van der Waals surface area (Å²) in [5.74, 6) is 0.248. The van der Waals surface area contributed by atoms with Crippen LogP contribution in [0.15, 0.2) is 47.4 Å². The van der Waals surface area contributed by atoms with Gasteiger partial charge in [0.2, 0.25) is 5.91 Å². The van der Waals surface area contributed by atoms with Crippen LogP contribution in [-0.4, -0.2) is 42.2 Å². The molecule has 27 heavy (non-hydrogen) atoms. The molecule has 2 aromatic rings. The van der Waals surface area contributed by atoms with Gasteiger partial charge in [0, 0.05) is 41.8 Å². The zero-order chi connectivity index (χ0) is 19.4. The molecule has 3 rings (SSSR count). The third-order valence-electron chi connectivity index (χ3n) is 5.25. The first-order chi connectivity index (χ1) is 13.0. The largest absolute Gasteiger partial charge is 0.368 e. The number of carbonyl (C=O) groups is 1. The highest BCUT2D eigenvalue weighted by atomic mass is 35.5. The molecule has 1 aliphatic rings. The Balaban J connectivity index is 1.61. The first kappa shape index (κ1) is 20.1. The van der Waals surface area contributed by atoms with Crippen molar-refractivity contribution in [2.24, 2.45) is 0 Å². The fourth-order valence-electron chi connectivity index (χ4n) is 3.44. The zero-order valence-electron chi connectivity index (χ0n) is 16.2. The monoisotopic (exact) mass is 402 g/mol. The number of hydrogen-bond acceptors (Lipinski definition) is 3. The molecular formula is C22H27ClN2OS. The number of piperazine rings is 1. The van der Waals surface area contributed by atoms with Gasteiger partial charge in [-0.2, -0.15) is 0 Å². The molecule has 0 bridgehead atoms. The number of rotatable bonds is 5.